The number of nitro groups is 1. The predicted octanol–water partition coefficient (Wildman–Crippen LogP) is 4.97. The van der Waals surface area contributed by atoms with Crippen LogP contribution in [0.25, 0.3) is 0 Å². The number of rotatable bonds is 15. The number of amides is 1. The number of aliphatic hydroxyl groups excluding tert-OH is 1. The van der Waals surface area contributed by atoms with Gasteiger partial charge in [0.1, 0.15) is 5.76 Å². The fourth-order valence-corrected chi connectivity index (χ4v) is 3.23. The van der Waals surface area contributed by atoms with Gasteiger partial charge in [0.05, 0.1) is 12.5 Å². The van der Waals surface area contributed by atoms with Crippen LogP contribution >= 0.6 is 11.8 Å². The minimum Gasteiger partial charge on any atom is -0.511 e. The van der Waals surface area contributed by atoms with Crippen LogP contribution in [0.4, 0.5) is 0 Å². The summed E-state index contributed by atoms with van der Waals surface area (Å²) in [6.45, 7) is 9.36. The van der Waals surface area contributed by atoms with Crippen LogP contribution in [0.3, 0.4) is 0 Å². The molecule has 0 radical (unpaired) electrons. The average Bonchev–Trinajstić information content (AvgIpc) is 2.61. The molecule has 0 aliphatic carbocycles. The van der Waals surface area contributed by atoms with Gasteiger partial charge in [-0.25, -0.2) is 0 Å². The van der Waals surface area contributed by atoms with Gasteiger partial charge in [-0.2, -0.15) is 11.8 Å². The van der Waals surface area contributed by atoms with Gasteiger partial charge in [-0.15, -0.1) is 0 Å². The molecule has 1 unspecified atom stereocenters. The molecule has 1 atom stereocenters. The maximum Gasteiger partial charge on any atom is 0.227 e. The Morgan fingerprint density at radius 3 is 2.46 bits per heavy atom. The summed E-state index contributed by atoms with van der Waals surface area (Å²) >= 11 is 1.57. The van der Waals surface area contributed by atoms with Crippen LogP contribution in [0.15, 0.2) is 47.8 Å². The maximum absolute atomic E-state index is 11.7. The number of carbonyl (C=O) groups excluding carboxylic acids is 1. The number of unbranched alkanes of at least 4 members (excludes halogenated alkanes) is 1. The van der Waals surface area contributed by atoms with E-state index in [2.05, 4.69) is 57.0 Å². The Morgan fingerprint density at radius 2 is 1.86 bits per heavy atom. The number of aliphatic hydroxyl groups is 1. The first kappa shape index (κ1) is 26.0. The van der Waals surface area contributed by atoms with Gasteiger partial charge < -0.3 is 10.4 Å². The molecule has 7 heteroatoms. The summed E-state index contributed by atoms with van der Waals surface area (Å²) in [7, 11) is 0. The molecule has 0 aromatic heterocycles. The van der Waals surface area contributed by atoms with E-state index in [1.807, 2.05) is 0 Å². The molecule has 28 heavy (non-hydrogen) atoms. The number of nitrogens with zero attached hydrogens (tertiary/aromatic N) is 1. The zero-order valence-electron chi connectivity index (χ0n) is 17.3. The minimum atomic E-state index is -0.596. The smallest absolute Gasteiger partial charge is 0.227 e. The molecule has 0 aromatic rings. The molecule has 0 spiro atoms. The second-order valence-corrected chi connectivity index (χ2v) is 7.95. The first-order valence-corrected chi connectivity index (χ1v) is 10.7. The van der Waals surface area contributed by atoms with E-state index in [9.17, 15) is 20.0 Å². The highest BCUT2D eigenvalue weighted by atomic mass is 32.2. The van der Waals surface area contributed by atoms with Crippen molar-refractivity contribution in [2.45, 2.75) is 58.9 Å². The van der Waals surface area contributed by atoms with E-state index < -0.39 is 23.4 Å². The molecular formula is C21H34N2O4S. The highest BCUT2D eigenvalue weighted by molar-refractivity contribution is 7.99. The lowest BCUT2D eigenvalue weighted by molar-refractivity contribution is -0.478. The third-order valence-corrected chi connectivity index (χ3v) is 4.82. The SMILES string of the molecule is C=C(O)C(CSC/C=C(\C)CC/C=C/CCC=C(C)C)NC(=O)CC[N+](=O)[O-]. The van der Waals surface area contributed by atoms with Crippen molar-refractivity contribution < 1.29 is 14.8 Å². The molecule has 0 aliphatic rings. The molecule has 1 amide bonds. The second-order valence-electron chi connectivity index (χ2n) is 6.87. The van der Waals surface area contributed by atoms with Crippen LogP contribution in [0.2, 0.25) is 0 Å². The van der Waals surface area contributed by atoms with Crippen LogP contribution in [-0.2, 0) is 4.79 Å². The quantitative estimate of drug-likeness (QED) is 0.131. The molecule has 0 saturated heterocycles. The van der Waals surface area contributed by atoms with Gasteiger partial charge in [0.2, 0.25) is 12.5 Å². The molecular weight excluding hydrogens is 376 g/mol. The number of nitrogens with one attached hydrogen (secondary N) is 1. The lowest BCUT2D eigenvalue weighted by Gasteiger charge is -2.16. The van der Waals surface area contributed by atoms with Crippen LogP contribution in [0, 0.1) is 10.1 Å². The Bertz CT molecular complexity index is 593. The Hall–Kier alpha value is -2.02. The van der Waals surface area contributed by atoms with Gasteiger partial charge >= 0.3 is 0 Å². The largest absolute Gasteiger partial charge is 0.511 e. The molecule has 0 fully saturated rings. The third-order valence-electron chi connectivity index (χ3n) is 3.85. The van der Waals surface area contributed by atoms with Crippen molar-refractivity contribution in [3.63, 3.8) is 0 Å². The van der Waals surface area contributed by atoms with Crippen molar-refractivity contribution in [3.05, 3.63) is 57.9 Å². The molecule has 0 bridgehead atoms. The van der Waals surface area contributed by atoms with Crippen LogP contribution in [0.5, 0.6) is 0 Å². The Morgan fingerprint density at radius 1 is 1.18 bits per heavy atom. The first-order valence-electron chi connectivity index (χ1n) is 9.53. The van der Waals surface area contributed by atoms with E-state index in [1.165, 1.54) is 11.1 Å². The molecule has 0 aliphatic heterocycles. The van der Waals surface area contributed by atoms with Crippen LogP contribution in [0.1, 0.15) is 52.9 Å². The zero-order chi connectivity index (χ0) is 21.4. The van der Waals surface area contributed by atoms with E-state index in [1.54, 1.807) is 11.8 Å². The molecule has 0 rings (SSSR count). The number of carbonyl (C=O) groups is 1. The predicted molar refractivity (Wildman–Crippen MR) is 118 cm³/mol. The standard InChI is InChI=1S/C21H34N2O4S/c1-17(2)10-8-6-5-7-9-11-18(3)13-15-28-16-20(19(4)24)22-21(25)12-14-23(26)27/h5,7,10,13,20,24H,4,6,8-9,11-12,14-16H2,1-3H3,(H,22,25)/b7-5+,18-13+. The lowest BCUT2D eigenvalue weighted by atomic mass is 10.1. The van der Waals surface area contributed by atoms with Gasteiger partial charge in [-0.1, -0.05) is 42.0 Å². The monoisotopic (exact) mass is 410 g/mol. The summed E-state index contributed by atoms with van der Waals surface area (Å²) in [5, 5.41) is 22.5. The molecule has 158 valence electrons. The average molecular weight is 411 g/mol. The van der Waals surface area contributed by atoms with E-state index in [4.69, 9.17) is 0 Å². The maximum atomic E-state index is 11.7. The summed E-state index contributed by atoms with van der Waals surface area (Å²) in [5.41, 5.74) is 2.66. The normalized spacial score (nSPS) is 12.6. The molecule has 0 heterocycles. The van der Waals surface area contributed by atoms with E-state index in [0.29, 0.717) is 5.75 Å². The Labute approximate surface area is 173 Å². The highest BCUT2D eigenvalue weighted by Gasteiger charge is 2.16. The molecule has 0 saturated carbocycles. The highest BCUT2D eigenvalue weighted by Crippen LogP contribution is 2.12. The van der Waals surface area contributed by atoms with Gasteiger partial charge in [0.25, 0.3) is 0 Å². The summed E-state index contributed by atoms with van der Waals surface area (Å²) in [6.07, 6.45) is 12.8. The fraction of sp³-hybridized carbons (Fsp3) is 0.571. The summed E-state index contributed by atoms with van der Waals surface area (Å²) in [6, 6.07) is -0.596. The number of thioether (sulfide) groups is 1. The lowest BCUT2D eigenvalue weighted by Crippen LogP contribution is -2.38. The van der Waals surface area contributed by atoms with Crippen molar-refractivity contribution in [2.24, 2.45) is 0 Å². The van der Waals surface area contributed by atoms with E-state index in [0.717, 1.165) is 31.4 Å². The van der Waals surface area contributed by atoms with Gasteiger partial charge in [0.15, 0.2) is 0 Å². The molecule has 2 N–H and O–H groups in total. The van der Waals surface area contributed by atoms with E-state index in [-0.39, 0.29) is 12.2 Å². The number of allylic oxidation sites excluding steroid dienone is 5. The summed E-state index contributed by atoms with van der Waals surface area (Å²) in [5.74, 6) is 0.639. The van der Waals surface area contributed by atoms with Crippen molar-refractivity contribution in [3.8, 4) is 0 Å². The van der Waals surface area contributed by atoms with Crippen LogP contribution in [-0.4, -0.2) is 40.0 Å². The number of hydrogen-bond acceptors (Lipinski definition) is 5. The Balaban J connectivity index is 4.07. The molecule has 6 nitrogen and oxygen atoms in total. The van der Waals surface area contributed by atoms with Crippen molar-refractivity contribution in [2.75, 3.05) is 18.1 Å². The van der Waals surface area contributed by atoms with Crippen molar-refractivity contribution in [1.29, 1.82) is 0 Å². The Kier molecular flexibility index (Phi) is 14.8. The van der Waals surface area contributed by atoms with Gasteiger partial charge in [-0.3, -0.25) is 14.9 Å². The van der Waals surface area contributed by atoms with Gasteiger partial charge in [-0.05, 0) is 46.5 Å². The van der Waals surface area contributed by atoms with E-state index >= 15 is 0 Å². The topological polar surface area (TPSA) is 92.5 Å². The minimum absolute atomic E-state index is 0.138. The number of hydrogen-bond donors (Lipinski definition) is 2. The van der Waals surface area contributed by atoms with Crippen molar-refractivity contribution in [1.82, 2.24) is 5.32 Å². The van der Waals surface area contributed by atoms with Gasteiger partial charge in [0, 0.05) is 16.4 Å². The summed E-state index contributed by atoms with van der Waals surface area (Å²) in [4.78, 5) is 21.4. The molecule has 0 aromatic carbocycles. The fourth-order valence-electron chi connectivity index (χ4n) is 2.18. The third kappa shape index (κ3) is 16.2. The van der Waals surface area contributed by atoms with Crippen molar-refractivity contribution >= 4 is 17.7 Å². The second kappa shape index (κ2) is 16.0. The zero-order valence-corrected chi connectivity index (χ0v) is 18.1. The first-order chi connectivity index (χ1) is 13.2. The summed E-state index contributed by atoms with van der Waals surface area (Å²) < 4.78 is 0. The van der Waals surface area contributed by atoms with Crippen LogP contribution < -0.4 is 5.32 Å².